The summed E-state index contributed by atoms with van der Waals surface area (Å²) in [6.07, 6.45) is 6.57. The molecule has 0 radical (unpaired) electrons. The highest BCUT2D eigenvalue weighted by Crippen LogP contribution is 2.25. The molecule has 0 amide bonds. The maximum atomic E-state index is 5.74. The second-order valence-corrected chi connectivity index (χ2v) is 8.17. The summed E-state index contributed by atoms with van der Waals surface area (Å²) < 4.78 is 10.4. The van der Waals surface area contributed by atoms with Crippen molar-refractivity contribution >= 4 is 23.8 Å². The topological polar surface area (TPSA) is 52.0 Å². The second kappa shape index (κ2) is 12.5. The molecule has 162 valence electrons. The van der Waals surface area contributed by atoms with E-state index in [1.54, 1.807) is 7.05 Å². The van der Waals surface area contributed by atoms with E-state index in [9.17, 15) is 0 Å². The van der Waals surface area contributed by atoms with Gasteiger partial charge in [-0.25, -0.2) is 4.98 Å². The number of thiol groups is 1. The average molecular weight is 427 g/mol. The number of hydrogen-bond donors (Lipinski definition) is 2. The molecule has 1 atom stereocenters. The van der Waals surface area contributed by atoms with Gasteiger partial charge in [0.15, 0.2) is 0 Å². The number of nitrogens with zero attached hydrogens (tertiary/aromatic N) is 3. The zero-order valence-corrected chi connectivity index (χ0v) is 19.4. The smallest absolute Gasteiger partial charge is 0.107 e. The number of ether oxygens (including phenoxy) is 1. The van der Waals surface area contributed by atoms with Crippen molar-refractivity contribution in [1.29, 1.82) is 0 Å². The van der Waals surface area contributed by atoms with Crippen LogP contribution in [0.15, 0.2) is 55.4 Å². The van der Waals surface area contributed by atoms with Gasteiger partial charge in [-0.15, -0.1) is 6.58 Å². The lowest BCUT2D eigenvalue weighted by atomic mass is 9.90. The molecule has 3 rings (SSSR count). The molecule has 0 fully saturated rings. The van der Waals surface area contributed by atoms with Crippen LogP contribution in [-0.2, 0) is 11.3 Å². The number of rotatable bonds is 9. The van der Waals surface area contributed by atoms with Gasteiger partial charge >= 0.3 is 0 Å². The third kappa shape index (κ3) is 6.97. The zero-order valence-electron chi connectivity index (χ0n) is 18.5. The maximum absolute atomic E-state index is 5.74. The van der Waals surface area contributed by atoms with Crippen LogP contribution in [0.25, 0.3) is 11.0 Å². The van der Waals surface area contributed by atoms with Gasteiger partial charge in [-0.3, -0.25) is 9.71 Å². The number of imidazole rings is 1. The van der Waals surface area contributed by atoms with E-state index in [1.165, 1.54) is 11.1 Å². The Morgan fingerprint density at radius 2 is 1.93 bits per heavy atom. The first-order valence-corrected chi connectivity index (χ1v) is 10.8. The van der Waals surface area contributed by atoms with Crippen LogP contribution in [0, 0.1) is 12.8 Å². The summed E-state index contributed by atoms with van der Waals surface area (Å²) in [5.41, 5.74) is 4.69. The average Bonchev–Trinajstić information content (AvgIpc) is 3.04. The Bertz CT molecular complexity index is 905. The van der Waals surface area contributed by atoms with Crippen LogP contribution in [0.2, 0.25) is 0 Å². The normalized spacial score (nSPS) is 11.9. The van der Waals surface area contributed by atoms with Gasteiger partial charge < -0.3 is 9.30 Å². The Labute approximate surface area is 186 Å². The molecule has 0 spiro atoms. The van der Waals surface area contributed by atoms with Gasteiger partial charge in [0, 0.05) is 18.7 Å². The lowest BCUT2D eigenvalue weighted by molar-refractivity contribution is 0.139. The van der Waals surface area contributed by atoms with E-state index in [0.29, 0.717) is 18.4 Å². The fraction of sp³-hybridized carbons (Fsp3) is 0.417. The van der Waals surface area contributed by atoms with E-state index in [4.69, 9.17) is 4.74 Å². The van der Waals surface area contributed by atoms with Crippen LogP contribution >= 0.6 is 12.8 Å². The van der Waals surface area contributed by atoms with E-state index >= 15 is 0 Å². The van der Waals surface area contributed by atoms with E-state index in [0.717, 1.165) is 36.4 Å². The summed E-state index contributed by atoms with van der Waals surface area (Å²) in [5, 5.41) is 0. The molecule has 1 unspecified atom stereocenters. The molecule has 1 aromatic carbocycles. The summed E-state index contributed by atoms with van der Waals surface area (Å²) in [7, 11) is 1.74. The second-order valence-electron chi connectivity index (χ2n) is 7.73. The molecule has 6 heteroatoms. The van der Waals surface area contributed by atoms with Crippen LogP contribution in [0.4, 0.5) is 0 Å². The van der Waals surface area contributed by atoms with Crippen LogP contribution in [-0.4, -0.2) is 34.8 Å². The summed E-state index contributed by atoms with van der Waals surface area (Å²) >= 11 is 3.54. The fourth-order valence-electron chi connectivity index (χ4n) is 3.54. The Morgan fingerprint density at radius 1 is 1.23 bits per heavy atom. The minimum Gasteiger partial charge on any atom is -0.377 e. The van der Waals surface area contributed by atoms with Crippen LogP contribution in [0.1, 0.15) is 43.1 Å². The van der Waals surface area contributed by atoms with Crippen molar-refractivity contribution in [3.8, 4) is 0 Å². The predicted molar refractivity (Wildman–Crippen MR) is 129 cm³/mol. The van der Waals surface area contributed by atoms with Crippen molar-refractivity contribution in [3.63, 3.8) is 0 Å². The Kier molecular flexibility index (Phi) is 10.1. The summed E-state index contributed by atoms with van der Waals surface area (Å²) in [6.45, 7) is 12.5. The van der Waals surface area contributed by atoms with Crippen LogP contribution in [0.3, 0.4) is 0 Å². The Balaban J connectivity index is 0.00000101. The van der Waals surface area contributed by atoms with E-state index in [1.807, 2.05) is 31.5 Å². The predicted octanol–water partition coefficient (Wildman–Crippen LogP) is 5.17. The third-order valence-electron chi connectivity index (χ3n) is 4.84. The molecule has 1 N–H and O–H groups in total. The molecule has 2 heterocycles. The molecule has 0 aliphatic rings. The molecule has 5 nitrogen and oxygen atoms in total. The monoisotopic (exact) mass is 426 g/mol. The van der Waals surface area contributed by atoms with Crippen molar-refractivity contribution in [3.05, 3.63) is 72.3 Å². The van der Waals surface area contributed by atoms with Crippen LogP contribution in [0.5, 0.6) is 0 Å². The molecular formula is C24H34N4OS. The quantitative estimate of drug-likeness (QED) is 0.281. The minimum absolute atomic E-state index is 0.417. The molecule has 0 saturated carbocycles. The largest absolute Gasteiger partial charge is 0.377 e. The van der Waals surface area contributed by atoms with Gasteiger partial charge in [0.1, 0.15) is 11.3 Å². The van der Waals surface area contributed by atoms with Gasteiger partial charge in [-0.05, 0) is 43.5 Å². The van der Waals surface area contributed by atoms with E-state index < -0.39 is 0 Å². The van der Waals surface area contributed by atoms with Crippen LogP contribution < -0.4 is 4.72 Å². The SMILES string of the molecule is C=CCOCC(CC(C)C)c1ccc(Cn2c(C)nc3cnccc32)cc1.CNS. The number of aromatic nitrogens is 3. The summed E-state index contributed by atoms with van der Waals surface area (Å²) in [5.74, 6) is 2.06. The maximum Gasteiger partial charge on any atom is 0.107 e. The Hall–Kier alpha value is -2.15. The van der Waals surface area contributed by atoms with Crippen molar-refractivity contribution in [2.24, 2.45) is 5.92 Å². The fourth-order valence-corrected chi connectivity index (χ4v) is 3.54. The highest BCUT2D eigenvalue weighted by Gasteiger charge is 2.14. The first-order valence-electron chi connectivity index (χ1n) is 10.3. The molecule has 3 aromatic rings. The van der Waals surface area contributed by atoms with Crippen molar-refractivity contribution in [1.82, 2.24) is 19.3 Å². The lowest BCUT2D eigenvalue weighted by Crippen LogP contribution is -2.11. The third-order valence-corrected chi connectivity index (χ3v) is 4.84. The molecule has 30 heavy (non-hydrogen) atoms. The highest BCUT2D eigenvalue weighted by atomic mass is 32.1. The first-order chi connectivity index (χ1) is 14.5. The van der Waals surface area contributed by atoms with Crippen molar-refractivity contribution in [2.75, 3.05) is 20.3 Å². The summed E-state index contributed by atoms with van der Waals surface area (Å²) in [6, 6.07) is 11.0. The highest BCUT2D eigenvalue weighted by molar-refractivity contribution is 7.78. The van der Waals surface area contributed by atoms with Gasteiger partial charge in [-0.2, -0.15) is 0 Å². The van der Waals surface area contributed by atoms with Gasteiger partial charge in [-0.1, -0.05) is 57.0 Å². The molecule has 0 aliphatic heterocycles. The molecule has 2 aromatic heterocycles. The number of hydrogen-bond acceptors (Lipinski definition) is 5. The van der Waals surface area contributed by atoms with Gasteiger partial charge in [0.05, 0.1) is 24.9 Å². The first kappa shape index (κ1) is 24.1. The van der Waals surface area contributed by atoms with Gasteiger partial charge in [0.25, 0.3) is 0 Å². The molecular weight excluding hydrogens is 392 g/mol. The molecule has 0 bridgehead atoms. The number of pyridine rings is 1. The Morgan fingerprint density at radius 3 is 2.57 bits per heavy atom. The summed E-state index contributed by atoms with van der Waals surface area (Å²) in [4.78, 5) is 8.77. The number of fused-ring (bicyclic) bond motifs is 1. The zero-order chi connectivity index (χ0) is 21.9. The number of benzene rings is 1. The minimum atomic E-state index is 0.417. The van der Waals surface area contributed by atoms with E-state index in [-0.39, 0.29) is 0 Å². The number of nitrogens with one attached hydrogen (secondary N) is 1. The van der Waals surface area contributed by atoms with Gasteiger partial charge in [0.2, 0.25) is 0 Å². The number of aryl methyl sites for hydroxylation is 1. The standard InChI is InChI=1S/C23H29N3O.CH5NS/c1-5-12-27-16-21(13-17(2)3)20-8-6-19(7-9-20)15-26-18(4)25-22-14-24-11-10-23(22)26;1-2-3/h5-11,14,17,21H,1,12-13,15-16H2,2-4H3;2-3H,1H3. The molecule has 0 aliphatic carbocycles. The molecule has 0 saturated heterocycles. The van der Waals surface area contributed by atoms with Crippen molar-refractivity contribution in [2.45, 2.75) is 39.7 Å². The van der Waals surface area contributed by atoms with Crippen molar-refractivity contribution < 1.29 is 4.74 Å². The van der Waals surface area contributed by atoms with E-state index in [2.05, 4.69) is 76.8 Å². The lowest BCUT2D eigenvalue weighted by Gasteiger charge is -2.20.